The zero-order valence-electron chi connectivity index (χ0n) is 10.6. The maximum atomic E-state index is 12.0. The number of anilines is 1. The molecular weight excluding hydrogens is 242 g/mol. The second-order valence-electron chi connectivity index (χ2n) is 5.06. The van der Waals surface area contributed by atoms with Gasteiger partial charge < -0.3 is 10.8 Å². The summed E-state index contributed by atoms with van der Waals surface area (Å²) in [5, 5.41) is 9.15. The summed E-state index contributed by atoms with van der Waals surface area (Å²) in [5.41, 5.74) is 7.73. The lowest BCUT2D eigenvalue weighted by Crippen LogP contribution is -2.26. The Balaban J connectivity index is 1.98. The smallest absolute Gasteiger partial charge is 0.350 e. The highest BCUT2D eigenvalue weighted by Gasteiger charge is 2.36. The first-order valence-electron chi connectivity index (χ1n) is 6.56. The first kappa shape index (κ1) is 12.2. The van der Waals surface area contributed by atoms with Crippen molar-refractivity contribution >= 4 is 5.82 Å². The van der Waals surface area contributed by atoms with Crippen LogP contribution in [0, 0.1) is 5.92 Å². The summed E-state index contributed by atoms with van der Waals surface area (Å²) in [4.78, 5) is 15.7. The molecule has 1 aromatic heterocycles. The summed E-state index contributed by atoms with van der Waals surface area (Å²) in [5.74, 6) is 0.593. The predicted octanol–water partition coefficient (Wildman–Crippen LogP) is 1.03. The van der Waals surface area contributed by atoms with E-state index >= 15 is 0 Å². The number of aromatic nitrogens is 2. The molecule has 0 saturated heterocycles. The molecule has 1 saturated carbocycles. The van der Waals surface area contributed by atoms with E-state index in [0.717, 1.165) is 19.3 Å². The quantitative estimate of drug-likeness (QED) is 0.849. The molecule has 0 bridgehead atoms. The first-order chi connectivity index (χ1) is 9.20. The number of hydrogen-bond donors (Lipinski definition) is 2. The average Bonchev–Trinajstić information content (AvgIpc) is 2.94. The lowest BCUT2D eigenvalue weighted by molar-refractivity contribution is 0.264. The molecule has 1 fully saturated rings. The first-order valence-corrected chi connectivity index (χ1v) is 6.56. The van der Waals surface area contributed by atoms with Crippen molar-refractivity contribution in [2.75, 3.05) is 12.3 Å². The molecule has 3 N–H and O–H groups in total. The Morgan fingerprint density at radius 3 is 2.95 bits per heavy atom. The highest BCUT2D eigenvalue weighted by molar-refractivity contribution is 5.46. The minimum atomic E-state index is -0.304. The van der Waals surface area contributed by atoms with Gasteiger partial charge in [0.05, 0.1) is 6.04 Å². The molecule has 5 nitrogen and oxygen atoms in total. The van der Waals surface area contributed by atoms with Gasteiger partial charge in [0.2, 0.25) is 0 Å². The van der Waals surface area contributed by atoms with E-state index in [4.69, 9.17) is 10.8 Å². The van der Waals surface area contributed by atoms with E-state index in [9.17, 15) is 4.79 Å². The Kier molecular flexibility index (Phi) is 2.98. The summed E-state index contributed by atoms with van der Waals surface area (Å²) >= 11 is 0. The predicted molar refractivity (Wildman–Crippen MR) is 72.5 cm³/mol. The van der Waals surface area contributed by atoms with Crippen LogP contribution in [0.2, 0.25) is 0 Å². The van der Waals surface area contributed by atoms with Gasteiger partial charge in [-0.3, -0.25) is 4.57 Å². The molecule has 100 valence electrons. The van der Waals surface area contributed by atoms with Gasteiger partial charge in [-0.1, -0.05) is 12.2 Å². The van der Waals surface area contributed by atoms with Gasteiger partial charge in [0.15, 0.2) is 0 Å². The molecule has 0 unspecified atom stereocenters. The van der Waals surface area contributed by atoms with E-state index in [-0.39, 0.29) is 24.2 Å². The van der Waals surface area contributed by atoms with Crippen LogP contribution >= 0.6 is 0 Å². The SMILES string of the molecule is Nc1ccn([C@@H]2C[C@@H](CCO)C3=CCC=C32)c(=O)n1. The lowest BCUT2D eigenvalue weighted by atomic mass is 9.99. The number of rotatable bonds is 3. The third-order valence-corrected chi connectivity index (χ3v) is 3.98. The molecule has 2 atom stereocenters. The van der Waals surface area contributed by atoms with E-state index in [1.54, 1.807) is 16.8 Å². The number of nitrogen functional groups attached to an aromatic ring is 1. The Morgan fingerprint density at radius 2 is 2.21 bits per heavy atom. The van der Waals surface area contributed by atoms with E-state index in [1.165, 1.54) is 11.1 Å². The summed E-state index contributed by atoms with van der Waals surface area (Å²) in [6, 6.07) is 1.69. The van der Waals surface area contributed by atoms with Gasteiger partial charge in [-0.05, 0) is 42.4 Å². The largest absolute Gasteiger partial charge is 0.396 e. The minimum Gasteiger partial charge on any atom is -0.396 e. The second-order valence-corrected chi connectivity index (χ2v) is 5.06. The van der Waals surface area contributed by atoms with Crippen LogP contribution in [0.15, 0.2) is 40.4 Å². The van der Waals surface area contributed by atoms with Crippen LogP contribution in [0.25, 0.3) is 0 Å². The monoisotopic (exact) mass is 259 g/mol. The van der Waals surface area contributed by atoms with Crippen LogP contribution in [0.5, 0.6) is 0 Å². The number of aliphatic hydroxyl groups is 1. The fourth-order valence-corrected chi connectivity index (χ4v) is 3.16. The fraction of sp³-hybridized carbons (Fsp3) is 0.429. The molecule has 2 aliphatic rings. The van der Waals surface area contributed by atoms with Crippen LogP contribution in [0.4, 0.5) is 5.82 Å². The molecule has 0 aliphatic heterocycles. The molecule has 0 amide bonds. The molecule has 0 spiro atoms. The Bertz CT molecular complexity index is 615. The number of fused-ring (bicyclic) bond motifs is 1. The molecule has 2 aliphatic carbocycles. The highest BCUT2D eigenvalue weighted by atomic mass is 16.3. The van der Waals surface area contributed by atoms with E-state index in [2.05, 4.69) is 17.1 Å². The van der Waals surface area contributed by atoms with Crippen LogP contribution in [-0.4, -0.2) is 21.3 Å². The summed E-state index contributed by atoms with van der Waals surface area (Å²) in [7, 11) is 0. The standard InChI is InChI=1S/C14H17N3O2/c15-13-4-6-17(14(19)16-13)12-8-9(5-7-18)10-2-1-3-11(10)12/h2-4,6,9,12,18H,1,5,7-8H2,(H2,15,16,19)/t9-,12-/m1/s1. The van der Waals surface area contributed by atoms with E-state index in [0.29, 0.717) is 5.92 Å². The van der Waals surface area contributed by atoms with Crippen molar-refractivity contribution in [3.8, 4) is 0 Å². The minimum absolute atomic E-state index is 0.0332. The van der Waals surface area contributed by atoms with Gasteiger partial charge in [-0.2, -0.15) is 4.98 Å². The summed E-state index contributed by atoms with van der Waals surface area (Å²) in [6.07, 6.45) is 8.60. The molecule has 3 rings (SSSR count). The van der Waals surface area contributed by atoms with Gasteiger partial charge in [0.25, 0.3) is 0 Å². The topological polar surface area (TPSA) is 81.1 Å². The molecule has 5 heteroatoms. The highest BCUT2D eigenvalue weighted by Crippen LogP contribution is 2.47. The van der Waals surface area contributed by atoms with Gasteiger partial charge in [0.1, 0.15) is 5.82 Å². The Hall–Kier alpha value is -1.88. The van der Waals surface area contributed by atoms with Crippen molar-refractivity contribution in [1.29, 1.82) is 0 Å². The normalized spacial score (nSPS) is 25.1. The third-order valence-electron chi connectivity index (χ3n) is 3.98. The van der Waals surface area contributed by atoms with Gasteiger partial charge >= 0.3 is 5.69 Å². The van der Waals surface area contributed by atoms with Crippen LogP contribution in [0.3, 0.4) is 0 Å². The number of aliphatic hydroxyl groups excluding tert-OH is 1. The number of nitrogens with two attached hydrogens (primary N) is 1. The molecule has 0 aromatic carbocycles. The van der Waals surface area contributed by atoms with Gasteiger partial charge in [-0.15, -0.1) is 0 Å². The Morgan fingerprint density at radius 1 is 1.42 bits per heavy atom. The van der Waals surface area contributed by atoms with Gasteiger partial charge in [-0.25, -0.2) is 4.79 Å². The lowest BCUT2D eigenvalue weighted by Gasteiger charge is -2.14. The number of hydrogen-bond acceptors (Lipinski definition) is 4. The van der Waals surface area contributed by atoms with E-state index < -0.39 is 0 Å². The third kappa shape index (κ3) is 2.00. The van der Waals surface area contributed by atoms with Crippen molar-refractivity contribution in [2.24, 2.45) is 5.92 Å². The summed E-state index contributed by atoms with van der Waals surface area (Å²) in [6.45, 7) is 0.177. The zero-order chi connectivity index (χ0) is 13.4. The molecular formula is C14H17N3O2. The molecule has 1 aromatic rings. The molecule has 1 heterocycles. The van der Waals surface area contributed by atoms with Crippen molar-refractivity contribution in [3.63, 3.8) is 0 Å². The van der Waals surface area contributed by atoms with Crippen molar-refractivity contribution < 1.29 is 5.11 Å². The number of nitrogens with zero attached hydrogens (tertiary/aromatic N) is 2. The van der Waals surface area contributed by atoms with Crippen LogP contribution in [0.1, 0.15) is 25.3 Å². The van der Waals surface area contributed by atoms with Gasteiger partial charge in [0, 0.05) is 12.8 Å². The number of allylic oxidation sites excluding steroid dienone is 4. The fourth-order valence-electron chi connectivity index (χ4n) is 3.16. The maximum Gasteiger partial charge on any atom is 0.350 e. The average molecular weight is 259 g/mol. The van der Waals surface area contributed by atoms with Crippen molar-refractivity contribution in [3.05, 3.63) is 46.0 Å². The maximum absolute atomic E-state index is 12.0. The summed E-state index contributed by atoms with van der Waals surface area (Å²) < 4.78 is 1.65. The van der Waals surface area contributed by atoms with Crippen LogP contribution in [-0.2, 0) is 0 Å². The van der Waals surface area contributed by atoms with Crippen molar-refractivity contribution in [2.45, 2.75) is 25.3 Å². The van der Waals surface area contributed by atoms with Crippen molar-refractivity contribution in [1.82, 2.24) is 9.55 Å². The molecule has 19 heavy (non-hydrogen) atoms. The van der Waals surface area contributed by atoms with Crippen LogP contribution < -0.4 is 11.4 Å². The molecule has 0 radical (unpaired) electrons. The van der Waals surface area contributed by atoms with E-state index in [1.807, 2.05) is 0 Å². The zero-order valence-corrected chi connectivity index (χ0v) is 10.6. The Labute approximate surface area is 111 Å². The second kappa shape index (κ2) is 4.66.